The first-order valence-electron chi connectivity index (χ1n) is 6.00. The Morgan fingerprint density at radius 3 is 2.78 bits per heavy atom. The average molecular weight is 248 g/mol. The first-order chi connectivity index (χ1) is 8.75. The Bertz CT molecular complexity index is 414. The summed E-state index contributed by atoms with van der Waals surface area (Å²) in [7, 11) is 0. The van der Waals surface area contributed by atoms with Gasteiger partial charge >= 0.3 is 6.09 Å². The SMILES string of the molecule is O=C(NC(=O)[C@@H]1CCCN1)OCc1ccccc1. The van der Waals surface area contributed by atoms with Gasteiger partial charge in [0.2, 0.25) is 5.91 Å². The predicted molar refractivity (Wildman–Crippen MR) is 65.8 cm³/mol. The molecule has 2 rings (SSSR count). The van der Waals surface area contributed by atoms with Crippen molar-refractivity contribution in [1.82, 2.24) is 10.6 Å². The fourth-order valence-corrected chi connectivity index (χ4v) is 1.86. The van der Waals surface area contributed by atoms with E-state index < -0.39 is 6.09 Å². The van der Waals surface area contributed by atoms with E-state index in [0.29, 0.717) is 0 Å². The van der Waals surface area contributed by atoms with Crippen LogP contribution in [0.2, 0.25) is 0 Å². The highest BCUT2D eigenvalue weighted by Gasteiger charge is 2.23. The van der Waals surface area contributed by atoms with Crippen LogP contribution < -0.4 is 10.6 Å². The summed E-state index contributed by atoms with van der Waals surface area (Å²) >= 11 is 0. The molecule has 18 heavy (non-hydrogen) atoms. The van der Waals surface area contributed by atoms with Crippen LogP contribution >= 0.6 is 0 Å². The monoisotopic (exact) mass is 248 g/mol. The van der Waals surface area contributed by atoms with Gasteiger partial charge in [0.25, 0.3) is 0 Å². The number of imide groups is 1. The standard InChI is InChI=1S/C13H16N2O3/c16-12(11-7-4-8-14-11)15-13(17)18-9-10-5-2-1-3-6-10/h1-3,5-6,11,14H,4,7-9H2,(H,15,16,17)/t11-/m0/s1. The number of benzene rings is 1. The van der Waals surface area contributed by atoms with Gasteiger partial charge in [-0.1, -0.05) is 30.3 Å². The van der Waals surface area contributed by atoms with E-state index in [9.17, 15) is 9.59 Å². The van der Waals surface area contributed by atoms with Gasteiger partial charge in [-0.05, 0) is 24.9 Å². The molecule has 1 heterocycles. The molecule has 1 atom stereocenters. The fraction of sp³-hybridized carbons (Fsp3) is 0.385. The van der Waals surface area contributed by atoms with Crippen molar-refractivity contribution in [1.29, 1.82) is 0 Å². The molecule has 2 amide bonds. The molecular formula is C13H16N2O3. The molecule has 5 nitrogen and oxygen atoms in total. The van der Waals surface area contributed by atoms with E-state index in [0.717, 1.165) is 24.9 Å². The normalized spacial score (nSPS) is 18.3. The van der Waals surface area contributed by atoms with E-state index in [-0.39, 0.29) is 18.6 Å². The summed E-state index contributed by atoms with van der Waals surface area (Å²) in [5.74, 6) is -0.314. The zero-order valence-electron chi connectivity index (χ0n) is 10.0. The third kappa shape index (κ3) is 3.56. The Hall–Kier alpha value is -1.88. The van der Waals surface area contributed by atoms with Crippen molar-refractivity contribution in [2.24, 2.45) is 0 Å². The molecule has 1 aliphatic heterocycles. The van der Waals surface area contributed by atoms with Crippen LogP contribution in [-0.2, 0) is 16.1 Å². The van der Waals surface area contributed by atoms with E-state index in [4.69, 9.17) is 4.74 Å². The second-order valence-electron chi connectivity index (χ2n) is 4.20. The second kappa shape index (κ2) is 6.16. The maximum atomic E-state index is 11.6. The van der Waals surface area contributed by atoms with Gasteiger partial charge in [-0.25, -0.2) is 4.79 Å². The van der Waals surface area contributed by atoms with Crippen molar-refractivity contribution in [3.8, 4) is 0 Å². The summed E-state index contributed by atoms with van der Waals surface area (Å²) in [5, 5.41) is 5.25. The molecule has 0 unspecified atom stereocenters. The Morgan fingerprint density at radius 2 is 2.11 bits per heavy atom. The smallest absolute Gasteiger partial charge is 0.414 e. The largest absolute Gasteiger partial charge is 0.444 e. The summed E-state index contributed by atoms with van der Waals surface area (Å²) in [6, 6.07) is 9.06. The Labute approximate surface area is 106 Å². The molecule has 0 spiro atoms. The van der Waals surface area contributed by atoms with Crippen LogP contribution in [0.3, 0.4) is 0 Å². The molecular weight excluding hydrogens is 232 g/mol. The van der Waals surface area contributed by atoms with Crippen LogP contribution in [0.25, 0.3) is 0 Å². The summed E-state index contributed by atoms with van der Waals surface area (Å²) in [4.78, 5) is 23.0. The Balaban J connectivity index is 1.73. The van der Waals surface area contributed by atoms with Crippen LogP contribution in [0.15, 0.2) is 30.3 Å². The molecule has 5 heteroatoms. The third-order valence-corrected chi connectivity index (χ3v) is 2.81. The molecule has 96 valence electrons. The number of nitrogens with one attached hydrogen (secondary N) is 2. The van der Waals surface area contributed by atoms with Crippen LogP contribution in [0, 0.1) is 0 Å². The van der Waals surface area contributed by atoms with Crippen molar-refractivity contribution in [2.45, 2.75) is 25.5 Å². The molecule has 1 fully saturated rings. The van der Waals surface area contributed by atoms with Crippen molar-refractivity contribution >= 4 is 12.0 Å². The number of carbonyl (C=O) groups is 2. The summed E-state index contributed by atoms with van der Waals surface area (Å²) in [6.07, 6.45) is 1.02. The zero-order valence-corrected chi connectivity index (χ0v) is 10.0. The second-order valence-corrected chi connectivity index (χ2v) is 4.20. The van der Waals surface area contributed by atoms with Gasteiger partial charge in [0.15, 0.2) is 0 Å². The fourth-order valence-electron chi connectivity index (χ4n) is 1.86. The quantitative estimate of drug-likeness (QED) is 0.843. The highest BCUT2D eigenvalue weighted by atomic mass is 16.5. The Morgan fingerprint density at radius 1 is 1.33 bits per heavy atom. The van der Waals surface area contributed by atoms with Gasteiger partial charge in [0, 0.05) is 0 Å². The van der Waals surface area contributed by atoms with Crippen LogP contribution in [0.1, 0.15) is 18.4 Å². The van der Waals surface area contributed by atoms with Crippen molar-refractivity contribution in [3.63, 3.8) is 0 Å². The van der Waals surface area contributed by atoms with Gasteiger partial charge < -0.3 is 10.1 Å². The third-order valence-electron chi connectivity index (χ3n) is 2.81. The first kappa shape index (κ1) is 12.6. The Kier molecular flexibility index (Phi) is 4.30. The first-order valence-corrected chi connectivity index (χ1v) is 6.00. The number of carbonyl (C=O) groups excluding carboxylic acids is 2. The summed E-state index contributed by atoms with van der Waals surface area (Å²) in [6.45, 7) is 0.981. The molecule has 0 aliphatic carbocycles. The molecule has 1 aromatic rings. The molecule has 0 bridgehead atoms. The maximum Gasteiger partial charge on any atom is 0.414 e. The minimum atomic E-state index is -0.697. The van der Waals surface area contributed by atoms with Crippen LogP contribution in [0.5, 0.6) is 0 Å². The lowest BCUT2D eigenvalue weighted by Gasteiger charge is -2.10. The lowest BCUT2D eigenvalue weighted by Crippen LogP contribution is -2.43. The van der Waals surface area contributed by atoms with E-state index >= 15 is 0 Å². The summed E-state index contributed by atoms with van der Waals surface area (Å²) in [5.41, 5.74) is 0.888. The number of hydrogen-bond acceptors (Lipinski definition) is 4. The van der Waals surface area contributed by atoms with E-state index in [1.165, 1.54) is 0 Å². The van der Waals surface area contributed by atoms with Gasteiger partial charge in [-0.2, -0.15) is 0 Å². The molecule has 0 aromatic heterocycles. The number of hydrogen-bond donors (Lipinski definition) is 2. The number of amides is 2. The average Bonchev–Trinajstić information content (AvgIpc) is 2.91. The molecule has 0 radical (unpaired) electrons. The number of alkyl carbamates (subject to hydrolysis) is 1. The highest BCUT2D eigenvalue weighted by Crippen LogP contribution is 2.05. The molecule has 1 saturated heterocycles. The molecule has 1 aliphatic rings. The van der Waals surface area contributed by atoms with E-state index in [1.54, 1.807) is 0 Å². The number of ether oxygens (including phenoxy) is 1. The maximum absolute atomic E-state index is 11.6. The van der Waals surface area contributed by atoms with Gasteiger partial charge in [-0.3, -0.25) is 10.1 Å². The number of rotatable bonds is 3. The lowest BCUT2D eigenvalue weighted by molar-refractivity contribution is -0.122. The van der Waals surface area contributed by atoms with Crippen molar-refractivity contribution in [2.75, 3.05) is 6.54 Å². The zero-order chi connectivity index (χ0) is 12.8. The lowest BCUT2D eigenvalue weighted by atomic mass is 10.2. The highest BCUT2D eigenvalue weighted by molar-refractivity contribution is 5.94. The molecule has 0 saturated carbocycles. The summed E-state index contributed by atoms with van der Waals surface area (Å²) < 4.78 is 4.96. The molecule has 2 N–H and O–H groups in total. The van der Waals surface area contributed by atoms with Gasteiger partial charge in [-0.15, -0.1) is 0 Å². The van der Waals surface area contributed by atoms with Gasteiger partial charge in [0.1, 0.15) is 6.61 Å². The molecule has 1 aromatic carbocycles. The minimum Gasteiger partial charge on any atom is -0.444 e. The van der Waals surface area contributed by atoms with Crippen molar-refractivity contribution in [3.05, 3.63) is 35.9 Å². The topological polar surface area (TPSA) is 67.4 Å². The van der Waals surface area contributed by atoms with Crippen LogP contribution in [0.4, 0.5) is 4.79 Å². The van der Waals surface area contributed by atoms with Gasteiger partial charge in [0.05, 0.1) is 6.04 Å². The minimum absolute atomic E-state index is 0.165. The van der Waals surface area contributed by atoms with Crippen LogP contribution in [-0.4, -0.2) is 24.6 Å². The predicted octanol–water partition coefficient (Wildman–Crippen LogP) is 1.19. The van der Waals surface area contributed by atoms with E-state index in [1.807, 2.05) is 30.3 Å². The van der Waals surface area contributed by atoms with Crippen molar-refractivity contribution < 1.29 is 14.3 Å². The van der Waals surface area contributed by atoms with E-state index in [2.05, 4.69) is 10.6 Å².